The minimum Gasteiger partial charge on any atom is -0.491 e. The molecule has 0 radical (unpaired) electrons. The average molecular weight is 776 g/mol. The molecule has 0 spiro atoms. The smallest absolute Gasteiger partial charge is 0.119 e. The quantitative estimate of drug-likeness (QED) is 0.0820. The van der Waals surface area contributed by atoms with Gasteiger partial charge in [-0.1, -0.05) is 57.6 Å². The molecule has 318 valence electrons. The first kappa shape index (κ1) is 50.6. The Bertz CT molecular complexity index is 852. The van der Waals surface area contributed by atoms with Gasteiger partial charge in [0.1, 0.15) is 12.4 Å². The lowest BCUT2D eigenvalue weighted by atomic mass is 10.0. The van der Waals surface area contributed by atoms with E-state index in [-0.39, 0.29) is 0 Å². The zero-order valence-electron chi connectivity index (χ0n) is 34.3. The first-order valence-corrected chi connectivity index (χ1v) is 20.4. The van der Waals surface area contributed by atoms with Gasteiger partial charge in [0.25, 0.3) is 0 Å². The maximum Gasteiger partial charge on any atom is 0.119 e. The Labute approximate surface area is 327 Å². The normalized spacial score (nSPS) is 11.6. The van der Waals surface area contributed by atoms with Gasteiger partial charge in [0.15, 0.2) is 0 Å². The zero-order chi connectivity index (χ0) is 38.7. The third kappa shape index (κ3) is 38.8. The Morgan fingerprint density at radius 1 is 0.352 bits per heavy atom. The molecule has 0 saturated heterocycles. The number of ether oxygens (including phenoxy) is 12. The van der Waals surface area contributed by atoms with Gasteiger partial charge in [0, 0.05) is 6.54 Å². The van der Waals surface area contributed by atoms with E-state index in [2.05, 4.69) is 36.1 Å². The van der Waals surface area contributed by atoms with Gasteiger partial charge in [-0.05, 0) is 44.6 Å². The predicted octanol–water partition coefficient (Wildman–Crippen LogP) is 5.10. The van der Waals surface area contributed by atoms with Crippen molar-refractivity contribution in [2.75, 3.05) is 173 Å². The second-order valence-corrected chi connectivity index (χ2v) is 12.9. The van der Waals surface area contributed by atoms with Gasteiger partial charge in [-0.15, -0.1) is 0 Å². The summed E-state index contributed by atoms with van der Waals surface area (Å²) in [5.41, 5.74) is 1.38. The summed E-state index contributed by atoms with van der Waals surface area (Å²) in [4.78, 5) is 2.09. The van der Waals surface area contributed by atoms with E-state index in [0.717, 1.165) is 25.3 Å². The summed E-state index contributed by atoms with van der Waals surface area (Å²) in [5.74, 6) is 0.887. The van der Waals surface area contributed by atoms with Crippen molar-refractivity contribution >= 4 is 0 Å². The highest BCUT2D eigenvalue weighted by Gasteiger charge is 2.00. The Hall–Kier alpha value is -1.46. The van der Waals surface area contributed by atoms with Crippen LogP contribution in [0.15, 0.2) is 24.3 Å². The van der Waals surface area contributed by atoms with Gasteiger partial charge >= 0.3 is 0 Å². The van der Waals surface area contributed by atoms with E-state index >= 15 is 0 Å². The second kappa shape index (κ2) is 42.7. The van der Waals surface area contributed by atoms with Crippen LogP contribution in [0.5, 0.6) is 5.75 Å². The summed E-state index contributed by atoms with van der Waals surface area (Å²) < 4.78 is 66.4. The molecule has 0 aliphatic carbocycles. The summed E-state index contributed by atoms with van der Waals surface area (Å²) in [6.45, 7) is 15.6. The molecule has 0 unspecified atom stereocenters. The van der Waals surface area contributed by atoms with E-state index in [1.165, 1.54) is 50.5 Å². The van der Waals surface area contributed by atoms with E-state index in [1.54, 1.807) is 0 Å². The summed E-state index contributed by atoms with van der Waals surface area (Å²) in [6, 6.07) is 8.46. The van der Waals surface area contributed by atoms with Crippen molar-refractivity contribution in [3.05, 3.63) is 29.8 Å². The molecule has 1 aromatic rings. The van der Waals surface area contributed by atoms with E-state index in [0.29, 0.717) is 145 Å². The molecule has 1 aromatic carbocycles. The second-order valence-electron chi connectivity index (χ2n) is 12.9. The van der Waals surface area contributed by atoms with Crippen molar-refractivity contribution in [1.82, 2.24) is 4.90 Å². The van der Waals surface area contributed by atoms with Gasteiger partial charge in [0.05, 0.1) is 145 Å². The first-order valence-electron chi connectivity index (χ1n) is 20.4. The number of benzene rings is 1. The van der Waals surface area contributed by atoms with Gasteiger partial charge in [-0.3, -0.25) is 0 Å². The SMILES string of the molecule is CCCCCCCCCc1ccc(OCCOCCOCCOCCOCCOCCOCCOCCOCCOCCOCCOCCN(C)C)cc1. The molecule has 0 atom stereocenters. The molecule has 0 N–H and O–H groups in total. The molecule has 0 fully saturated rings. The maximum absolute atomic E-state index is 5.79. The fourth-order valence-corrected chi connectivity index (χ4v) is 4.81. The number of hydrogen-bond acceptors (Lipinski definition) is 13. The van der Waals surface area contributed by atoms with Crippen molar-refractivity contribution in [2.45, 2.75) is 58.3 Å². The van der Waals surface area contributed by atoms with E-state index < -0.39 is 0 Å². The fraction of sp³-hybridized carbons (Fsp3) is 0.854. The molecule has 0 aromatic heterocycles. The van der Waals surface area contributed by atoms with Crippen LogP contribution >= 0.6 is 0 Å². The molecule has 13 nitrogen and oxygen atoms in total. The number of likely N-dealkylation sites (N-methyl/N-ethyl adjacent to an activating group) is 1. The van der Waals surface area contributed by atoms with Crippen LogP contribution in [0.4, 0.5) is 0 Å². The highest BCUT2D eigenvalue weighted by Crippen LogP contribution is 2.15. The van der Waals surface area contributed by atoms with Crippen LogP contribution in [0, 0.1) is 0 Å². The van der Waals surface area contributed by atoms with Crippen molar-refractivity contribution in [3.63, 3.8) is 0 Å². The third-order valence-corrected chi connectivity index (χ3v) is 7.89. The van der Waals surface area contributed by atoms with Crippen LogP contribution < -0.4 is 4.74 Å². The molecular formula is C41H77NO12. The highest BCUT2D eigenvalue weighted by molar-refractivity contribution is 5.27. The van der Waals surface area contributed by atoms with Crippen molar-refractivity contribution in [2.24, 2.45) is 0 Å². The van der Waals surface area contributed by atoms with E-state index in [1.807, 2.05) is 14.1 Å². The predicted molar refractivity (Wildman–Crippen MR) is 211 cm³/mol. The highest BCUT2D eigenvalue weighted by atomic mass is 16.6. The van der Waals surface area contributed by atoms with Crippen LogP contribution in [0.1, 0.15) is 57.4 Å². The molecule has 0 bridgehead atoms. The van der Waals surface area contributed by atoms with Crippen molar-refractivity contribution < 1.29 is 56.8 Å². The third-order valence-electron chi connectivity index (χ3n) is 7.89. The monoisotopic (exact) mass is 776 g/mol. The summed E-state index contributed by atoms with van der Waals surface area (Å²) >= 11 is 0. The summed E-state index contributed by atoms with van der Waals surface area (Å²) in [5, 5.41) is 0. The lowest BCUT2D eigenvalue weighted by Crippen LogP contribution is -2.19. The Kier molecular flexibility index (Phi) is 40.0. The van der Waals surface area contributed by atoms with Gasteiger partial charge in [-0.2, -0.15) is 0 Å². The minimum atomic E-state index is 0.514. The molecule has 13 heteroatoms. The number of nitrogens with zero attached hydrogens (tertiary/aromatic N) is 1. The van der Waals surface area contributed by atoms with Gasteiger partial charge < -0.3 is 61.7 Å². The molecule has 0 aliphatic rings. The maximum atomic E-state index is 5.79. The standard InChI is InChI=1S/C41H77NO12/c1-4-5-6-7-8-9-10-11-40-12-14-41(15-13-40)54-39-38-53-37-36-52-35-34-51-33-32-50-31-30-49-29-28-48-27-26-47-25-24-46-23-22-45-21-20-44-19-18-43-17-16-42(2)3/h12-15H,4-11,16-39H2,1-3H3. The Morgan fingerprint density at radius 2 is 0.648 bits per heavy atom. The molecule has 0 saturated carbocycles. The van der Waals surface area contributed by atoms with Crippen molar-refractivity contribution in [1.29, 1.82) is 0 Å². The molecule has 0 aliphatic heterocycles. The average Bonchev–Trinajstić information content (AvgIpc) is 3.17. The minimum absolute atomic E-state index is 0.514. The van der Waals surface area contributed by atoms with Crippen molar-refractivity contribution in [3.8, 4) is 5.75 Å². The topological polar surface area (TPSA) is 114 Å². The number of rotatable bonds is 45. The van der Waals surface area contributed by atoms with E-state index in [9.17, 15) is 0 Å². The lowest BCUT2D eigenvalue weighted by molar-refractivity contribution is -0.0278. The molecule has 0 amide bonds. The summed E-state index contributed by atoms with van der Waals surface area (Å²) in [7, 11) is 4.05. The molecule has 0 heterocycles. The van der Waals surface area contributed by atoms with Gasteiger partial charge in [0.2, 0.25) is 0 Å². The number of aryl methyl sites for hydroxylation is 1. The Morgan fingerprint density at radius 3 is 0.981 bits per heavy atom. The Balaban J connectivity index is 1.68. The van der Waals surface area contributed by atoms with Crippen LogP contribution in [-0.4, -0.2) is 177 Å². The summed E-state index contributed by atoms with van der Waals surface area (Å²) in [6.07, 6.45) is 10.5. The van der Waals surface area contributed by atoms with Gasteiger partial charge in [-0.25, -0.2) is 0 Å². The van der Waals surface area contributed by atoms with E-state index in [4.69, 9.17) is 56.8 Å². The van der Waals surface area contributed by atoms with Crippen LogP contribution in [0.25, 0.3) is 0 Å². The van der Waals surface area contributed by atoms with Crippen LogP contribution in [0.3, 0.4) is 0 Å². The molecule has 1 rings (SSSR count). The number of hydrogen-bond donors (Lipinski definition) is 0. The lowest BCUT2D eigenvalue weighted by Gasteiger charge is -2.10. The first-order chi connectivity index (χ1) is 26.7. The van der Waals surface area contributed by atoms with Crippen LogP contribution in [-0.2, 0) is 58.5 Å². The fourth-order valence-electron chi connectivity index (χ4n) is 4.81. The zero-order valence-corrected chi connectivity index (χ0v) is 34.3. The largest absolute Gasteiger partial charge is 0.491 e. The van der Waals surface area contributed by atoms with Crippen LogP contribution in [0.2, 0.25) is 0 Å². The molecular weight excluding hydrogens is 698 g/mol. The number of unbranched alkanes of at least 4 members (excludes halogenated alkanes) is 6. The molecule has 54 heavy (non-hydrogen) atoms.